The van der Waals surface area contributed by atoms with E-state index in [1.54, 1.807) is 36.2 Å². The van der Waals surface area contributed by atoms with Crippen LogP contribution in [-0.2, 0) is 10.2 Å². The zero-order valence-corrected chi connectivity index (χ0v) is 17.3. The third-order valence-electron chi connectivity index (χ3n) is 6.32. The van der Waals surface area contributed by atoms with Gasteiger partial charge in [0.05, 0.1) is 23.2 Å². The maximum atomic E-state index is 14.3. The predicted molar refractivity (Wildman–Crippen MR) is 113 cm³/mol. The van der Waals surface area contributed by atoms with Crippen LogP contribution in [0.3, 0.4) is 0 Å². The molecular weight excluding hydrogens is 391 g/mol. The van der Waals surface area contributed by atoms with Crippen LogP contribution in [0, 0.1) is 5.82 Å². The number of likely N-dealkylation sites (N-methyl/N-ethyl adjacent to an activating group) is 1. The number of carbonyl (C=O) groups is 1. The topological polar surface area (TPSA) is 52.6 Å². The third kappa shape index (κ3) is 3.45. The van der Waals surface area contributed by atoms with Gasteiger partial charge in [0.2, 0.25) is 5.91 Å². The van der Waals surface area contributed by atoms with E-state index in [9.17, 15) is 14.3 Å². The second kappa shape index (κ2) is 8.05. The maximum absolute atomic E-state index is 14.3. The molecule has 29 heavy (non-hydrogen) atoms. The Kier molecular flexibility index (Phi) is 5.65. The predicted octanol–water partition coefficient (Wildman–Crippen LogP) is 4.35. The Balaban J connectivity index is 1.88. The van der Waals surface area contributed by atoms with Crippen molar-refractivity contribution in [3.8, 4) is 0 Å². The van der Waals surface area contributed by atoms with Crippen molar-refractivity contribution in [3.63, 3.8) is 0 Å². The molecule has 2 unspecified atom stereocenters. The summed E-state index contributed by atoms with van der Waals surface area (Å²) in [4.78, 5) is 15.5. The van der Waals surface area contributed by atoms with E-state index >= 15 is 0 Å². The fourth-order valence-corrected chi connectivity index (χ4v) is 5.23. The lowest BCUT2D eigenvalue weighted by molar-refractivity contribution is -0.125. The highest BCUT2D eigenvalue weighted by atomic mass is 35.5. The Bertz CT molecular complexity index is 914. The molecule has 2 atom stereocenters. The van der Waals surface area contributed by atoms with E-state index < -0.39 is 17.6 Å². The van der Waals surface area contributed by atoms with Gasteiger partial charge in [0.25, 0.3) is 0 Å². The Morgan fingerprint density at radius 3 is 2.66 bits per heavy atom. The first-order valence-electron chi connectivity index (χ1n) is 10.2. The zero-order valence-electron chi connectivity index (χ0n) is 16.5. The normalized spacial score (nSPS) is 20.0. The SMILES string of the molecule is CNCC(O)C(c1cccc(Cl)c1)N1C(=O)C2(CCCCC2)c2ccc(F)cc21. The van der Waals surface area contributed by atoms with Gasteiger partial charge in [-0.1, -0.05) is 49.1 Å². The minimum absolute atomic E-state index is 0.0436. The first kappa shape index (κ1) is 20.3. The van der Waals surface area contributed by atoms with Gasteiger partial charge in [-0.05, 0) is 55.3 Å². The van der Waals surface area contributed by atoms with Crippen molar-refractivity contribution in [3.05, 3.63) is 64.4 Å². The molecule has 2 aliphatic rings. The molecule has 6 heteroatoms. The molecule has 1 heterocycles. The molecule has 1 aliphatic carbocycles. The van der Waals surface area contributed by atoms with E-state index in [-0.39, 0.29) is 11.7 Å². The molecule has 1 spiro atoms. The fraction of sp³-hybridized carbons (Fsp3) is 0.435. The molecule has 0 radical (unpaired) electrons. The Morgan fingerprint density at radius 1 is 1.21 bits per heavy atom. The number of carbonyl (C=O) groups excluding carboxylic acids is 1. The minimum atomic E-state index is -0.878. The first-order valence-corrected chi connectivity index (χ1v) is 10.6. The van der Waals surface area contributed by atoms with Gasteiger partial charge in [-0.2, -0.15) is 0 Å². The summed E-state index contributed by atoms with van der Waals surface area (Å²) in [7, 11) is 1.75. The summed E-state index contributed by atoms with van der Waals surface area (Å²) < 4.78 is 14.3. The summed E-state index contributed by atoms with van der Waals surface area (Å²) in [5, 5.41) is 14.5. The molecule has 4 rings (SSSR count). The maximum Gasteiger partial charge on any atom is 0.238 e. The van der Waals surface area contributed by atoms with Gasteiger partial charge in [-0.3, -0.25) is 4.79 Å². The number of fused-ring (bicyclic) bond motifs is 2. The van der Waals surface area contributed by atoms with Crippen molar-refractivity contribution in [2.45, 2.75) is 49.7 Å². The van der Waals surface area contributed by atoms with Gasteiger partial charge in [-0.25, -0.2) is 4.39 Å². The summed E-state index contributed by atoms with van der Waals surface area (Å²) in [6.07, 6.45) is 3.68. The average Bonchev–Trinajstić information content (AvgIpc) is 2.91. The number of nitrogens with zero attached hydrogens (tertiary/aromatic N) is 1. The minimum Gasteiger partial charge on any atom is -0.389 e. The lowest BCUT2D eigenvalue weighted by Crippen LogP contribution is -2.47. The van der Waals surface area contributed by atoms with Gasteiger partial charge in [0.1, 0.15) is 5.82 Å². The van der Waals surface area contributed by atoms with Crippen LogP contribution in [0.2, 0.25) is 5.02 Å². The van der Waals surface area contributed by atoms with Crippen LogP contribution >= 0.6 is 11.6 Å². The quantitative estimate of drug-likeness (QED) is 0.761. The number of hydrogen-bond donors (Lipinski definition) is 2. The largest absolute Gasteiger partial charge is 0.389 e. The first-order chi connectivity index (χ1) is 14.0. The molecular formula is C23H26ClFN2O2. The molecule has 4 nitrogen and oxygen atoms in total. The summed E-state index contributed by atoms with van der Waals surface area (Å²) in [5.41, 5.74) is 1.55. The second-order valence-corrected chi connectivity index (χ2v) is 8.54. The van der Waals surface area contributed by atoms with Crippen molar-refractivity contribution in [1.82, 2.24) is 5.32 Å². The lowest BCUT2D eigenvalue weighted by atomic mass is 9.70. The van der Waals surface area contributed by atoms with E-state index in [4.69, 9.17) is 11.6 Å². The number of hydrogen-bond acceptors (Lipinski definition) is 3. The molecule has 0 bridgehead atoms. The molecule has 154 valence electrons. The summed E-state index contributed by atoms with van der Waals surface area (Å²) in [6.45, 7) is 0.290. The summed E-state index contributed by atoms with van der Waals surface area (Å²) in [6, 6.07) is 11.2. The molecule has 2 N–H and O–H groups in total. The van der Waals surface area contributed by atoms with Gasteiger partial charge in [-0.15, -0.1) is 0 Å². The van der Waals surface area contributed by atoms with Crippen molar-refractivity contribution < 1.29 is 14.3 Å². The molecule has 2 aromatic rings. The van der Waals surface area contributed by atoms with Crippen LogP contribution in [-0.4, -0.2) is 30.7 Å². The molecule has 1 saturated carbocycles. The number of rotatable bonds is 5. The van der Waals surface area contributed by atoms with E-state index in [0.717, 1.165) is 43.2 Å². The molecule has 1 aliphatic heterocycles. The van der Waals surface area contributed by atoms with Crippen LogP contribution in [0.1, 0.15) is 49.3 Å². The van der Waals surface area contributed by atoms with Crippen LogP contribution < -0.4 is 10.2 Å². The van der Waals surface area contributed by atoms with Crippen molar-refractivity contribution >= 4 is 23.2 Å². The number of benzene rings is 2. The zero-order chi connectivity index (χ0) is 20.6. The molecule has 1 amide bonds. The summed E-state index contributed by atoms with van der Waals surface area (Å²) >= 11 is 6.22. The van der Waals surface area contributed by atoms with Crippen LogP contribution in [0.5, 0.6) is 0 Å². The number of amides is 1. The van der Waals surface area contributed by atoms with E-state index in [2.05, 4.69) is 5.32 Å². The highest BCUT2D eigenvalue weighted by Crippen LogP contribution is 2.53. The lowest BCUT2D eigenvalue weighted by Gasteiger charge is -2.36. The van der Waals surface area contributed by atoms with E-state index in [0.29, 0.717) is 17.3 Å². The fourth-order valence-electron chi connectivity index (χ4n) is 5.03. The Labute approximate surface area is 175 Å². The van der Waals surface area contributed by atoms with Crippen molar-refractivity contribution in [2.24, 2.45) is 0 Å². The number of aliphatic hydroxyl groups excluding tert-OH is 1. The van der Waals surface area contributed by atoms with Gasteiger partial charge < -0.3 is 15.3 Å². The average molecular weight is 417 g/mol. The number of nitrogens with one attached hydrogen (secondary N) is 1. The van der Waals surface area contributed by atoms with Crippen molar-refractivity contribution in [2.75, 3.05) is 18.5 Å². The molecule has 0 aromatic heterocycles. The highest BCUT2D eigenvalue weighted by Gasteiger charge is 2.53. The van der Waals surface area contributed by atoms with E-state index in [1.165, 1.54) is 12.1 Å². The van der Waals surface area contributed by atoms with Crippen LogP contribution in [0.15, 0.2) is 42.5 Å². The van der Waals surface area contributed by atoms with Gasteiger partial charge in [0, 0.05) is 11.6 Å². The number of anilines is 1. The summed E-state index contributed by atoms with van der Waals surface area (Å²) in [5.74, 6) is -0.430. The molecule has 0 saturated heterocycles. The van der Waals surface area contributed by atoms with Crippen LogP contribution in [0.25, 0.3) is 0 Å². The highest BCUT2D eigenvalue weighted by molar-refractivity contribution is 6.30. The van der Waals surface area contributed by atoms with Gasteiger partial charge >= 0.3 is 0 Å². The number of aliphatic hydroxyl groups is 1. The van der Waals surface area contributed by atoms with Crippen LogP contribution in [0.4, 0.5) is 10.1 Å². The Hall–Kier alpha value is -1.95. The standard InChI is InChI=1S/C23H26ClFN2O2/c1-26-14-20(28)21(15-6-5-7-16(24)12-15)27-19-13-17(25)8-9-18(19)23(22(27)29)10-3-2-4-11-23/h5-9,12-13,20-21,26,28H,2-4,10-11,14H2,1H3. The second-order valence-electron chi connectivity index (χ2n) is 8.10. The monoisotopic (exact) mass is 416 g/mol. The molecule has 1 fully saturated rings. The van der Waals surface area contributed by atoms with Crippen molar-refractivity contribution in [1.29, 1.82) is 0 Å². The van der Waals surface area contributed by atoms with E-state index in [1.807, 2.05) is 6.07 Å². The molecule has 2 aromatic carbocycles. The van der Waals surface area contributed by atoms with Gasteiger partial charge in [0.15, 0.2) is 0 Å². The Morgan fingerprint density at radius 2 is 1.97 bits per heavy atom. The number of halogens is 2. The smallest absolute Gasteiger partial charge is 0.238 e. The third-order valence-corrected chi connectivity index (χ3v) is 6.55.